The van der Waals surface area contributed by atoms with Crippen molar-refractivity contribution in [2.75, 3.05) is 0 Å². The molecular formula is C33H40N2O3. The summed E-state index contributed by atoms with van der Waals surface area (Å²) in [6.45, 7) is 9.82. The molecule has 4 rings (SSSR count). The van der Waals surface area contributed by atoms with Crippen LogP contribution in [0.5, 0.6) is 5.75 Å². The molecule has 0 radical (unpaired) electrons. The molecular weight excluding hydrogens is 472 g/mol. The Labute approximate surface area is 226 Å². The normalized spacial score (nSPS) is 12.6. The van der Waals surface area contributed by atoms with E-state index in [0.29, 0.717) is 19.3 Å². The first-order chi connectivity index (χ1) is 18.4. The zero-order chi connectivity index (χ0) is 27.7. The number of carbonyl (C=O) groups is 2. The quantitative estimate of drug-likeness (QED) is 0.217. The van der Waals surface area contributed by atoms with Crippen LogP contribution in [-0.2, 0) is 22.4 Å². The smallest absolute Gasteiger partial charge is 0.238 e. The molecule has 2 unspecified atom stereocenters. The van der Waals surface area contributed by atoms with Gasteiger partial charge in [-0.2, -0.15) is 0 Å². The standard InChI is InChI=1S/C31H34N2O3.C2H6/c1-4-30(35)28(33-31(36)29(32-20(2)3)17-21-13-15-24(34)16-14-21)19-27-25-11-7-5-9-22(25)18-23-10-6-8-12-26(23)27;1-2/h5-16,18,20,28-29,32,34H,4,17,19H2,1-3H3,(H,33,36);1-2H3. The Morgan fingerprint density at radius 3 is 1.87 bits per heavy atom. The molecule has 0 bridgehead atoms. The van der Waals surface area contributed by atoms with Crippen molar-refractivity contribution in [3.63, 3.8) is 0 Å². The topological polar surface area (TPSA) is 78.4 Å². The first kappa shape index (κ1) is 28.9. The Bertz CT molecular complexity index is 1310. The van der Waals surface area contributed by atoms with Gasteiger partial charge in [0.1, 0.15) is 5.75 Å². The maximum Gasteiger partial charge on any atom is 0.238 e. The van der Waals surface area contributed by atoms with E-state index in [-0.39, 0.29) is 23.5 Å². The fraction of sp³-hybridized carbons (Fsp3) is 0.333. The third-order valence-electron chi connectivity index (χ3n) is 6.57. The number of aromatic hydroxyl groups is 1. The number of amides is 1. The van der Waals surface area contributed by atoms with Crippen LogP contribution in [0.2, 0.25) is 0 Å². The second-order valence-corrected chi connectivity index (χ2v) is 9.63. The Morgan fingerprint density at radius 2 is 1.34 bits per heavy atom. The summed E-state index contributed by atoms with van der Waals surface area (Å²) < 4.78 is 0. The zero-order valence-corrected chi connectivity index (χ0v) is 23.1. The number of phenols is 1. The lowest BCUT2D eigenvalue weighted by Crippen LogP contribution is -2.53. The van der Waals surface area contributed by atoms with Gasteiger partial charge in [0.2, 0.25) is 5.91 Å². The minimum absolute atomic E-state index is 0.00768. The van der Waals surface area contributed by atoms with E-state index in [1.54, 1.807) is 12.1 Å². The molecule has 200 valence electrons. The SMILES string of the molecule is CC.CCC(=O)C(Cc1c2ccccc2cc2ccccc12)NC(=O)C(Cc1ccc(O)cc1)NC(C)C. The van der Waals surface area contributed by atoms with Gasteiger partial charge in [0.25, 0.3) is 0 Å². The summed E-state index contributed by atoms with van der Waals surface area (Å²) in [5.74, 6) is -0.00564. The van der Waals surface area contributed by atoms with Gasteiger partial charge in [-0.05, 0) is 57.3 Å². The molecule has 0 aromatic heterocycles. The van der Waals surface area contributed by atoms with E-state index in [1.807, 2.05) is 71.0 Å². The lowest BCUT2D eigenvalue weighted by atomic mass is 9.91. The fourth-order valence-corrected chi connectivity index (χ4v) is 4.79. The van der Waals surface area contributed by atoms with Crippen molar-refractivity contribution in [3.05, 3.63) is 90.0 Å². The number of Topliss-reactive ketones (excluding diaryl/α,β-unsaturated/α-hetero) is 1. The molecule has 0 aliphatic rings. The van der Waals surface area contributed by atoms with Gasteiger partial charge in [-0.1, -0.05) is 95.3 Å². The average molecular weight is 513 g/mol. The van der Waals surface area contributed by atoms with Crippen molar-refractivity contribution >= 4 is 33.2 Å². The number of fused-ring (bicyclic) bond motifs is 2. The third-order valence-corrected chi connectivity index (χ3v) is 6.57. The van der Waals surface area contributed by atoms with Gasteiger partial charge in [-0.15, -0.1) is 0 Å². The molecule has 0 heterocycles. The van der Waals surface area contributed by atoms with Crippen molar-refractivity contribution in [1.29, 1.82) is 0 Å². The highest BCUT2D eigenvalue weighted by Crippen LogP contribution is 2.29. The van der Waals surface area contributed by atoms with Gasteiger partial charge in [-0.3, -0.25) is 9.59 Å². The minimum Gasteiger partial charge on any atom is -0.508 e. The first-order valence-corrected chi connectivity index (χ1v) is 13.6. The highest BCUT2D eigenvalue weighted by molar-refractivity contribution is 6.03. The van der Waals surface area contributed by atoms with Crippen LogP contribution in [0.15, 0.2) is 78.9 Å². The predicted molar refractivity (Wildman–Crippen MR) is 158 cm³/mol. The number of hydrogen-bond donors (Lipinski definition) is 3. The van der Waals surface area contributed by atoms with E-state index in [0.717, 1.165) is 32.7 Å². The lowest BCUT2D eigenvalue weighted by Gasteiger charge is -2.25. The van der Waals surface area contributed by atoms with E-state index in [9.17, 15) is 14.7 Å². The summed E-state index contributed by atoms with van der Waals surface area (Å²) >= 11 is 0. The van der Waals surface area contributed by atoms with Gasteiger partial charge in [0, 0.05) is 18.9 Å². The molecule has 2 atom stereocenters. The van der Waals surface area contributed by atoms with Crippen molar-refractivity contribution < 1.29 is 14.7 Å². The van der Waals surface area contributed by atoms with E-state index < -0.39 is 12.1 Å². The lowest BCUT2D eigenvalue weighted by molar-refractivity contribution is -0.129. The number of carbonyl (C=O) groups excluding carboxylic acids is 2. The zero-order valence-electron chi connectivity index (χ0n) is 23.1. The maximum atomic E-state index is 13.5. The summed E-state index contributed by atoms with van der Waals surface area (Å²) in [4.78, 5) is 26.6. The molecule has 5 nitrogen and oxygen atoms in total. The number of phenolic OH excluding ortho intramolecular Hbond substituents is 1. The van der Waals surface area contributed by atoms with Crippen LogP contribution in [0.4, 0.5) is 0 Å². The van der Waals surface area contributed by atoms with Crippen molar-refractivity contribution in [1.82, 2.24) is 10.6 Å². The van der Waals surface area contributed by atoms with Crippen LogP contribution in [0.25, 0.3) is 21.5 Å². The highest BCUT2D eigenvalue weighted by Gasteiger charge is 2.27. The van der Waals surface area contributed by atoms with Gasteiger partial charge in [0.05, 0.1) is 12.1 Å². The number of ketones is 1. The van der Waals surface area contributed by atoms with Crippen LogP contribution in [-0.4, -0.2) is 34.9 Å². The second kappa shape index (κ2) is 13.7. The number of rotatable bonds is 10. The van der Waals surface area contributed by atoms with Crippen molar-refractivity contribution in [2.24, 2.45) is 0 Å². The number of nitrogens with one attached hydrogen (secondary N) is 2. The molecule has 0 aliphatic heterocycles. The van der Waals surface area contributed by atoms with E-state index in [1.165, 1.54) is 0 Å². The number of benzene rings is 4. The third kappa shape index (κ3) is 7.20. The Balaban J connectivity index is 0.00000195. The van der Waals surface area contributed by atoms with Crippen LogP contribution in [0.3, 0.4) is 0 Å². The molecule has 4 aromatic carbocycles. The van der Waals surface area contributed by atoms with Crippen LogP contribution < -0.4 is 10.6 Å². The second-order valence-electron chi connectivity index (χ2n) is 9.63. The summed E-state index contributed by atoms with van der Waals surface area (Å²) in [7, 11) is 0. The fourth-order valence-electron chi connectivity index (χ4n) is 4.79. The minimum atomic E-state index is -0.631. The first-order valence-electron chi connectivity index (χ1n) is 13.6. The Kier molecular flexibility index (Phi) is 10.4. The van der Waals surface area contributed by atoms with Gasteiger partial charge < -0.3 is 15.7 Å². The summed E-state index contributed by atoms with van der Waals surface area (Å²) in [6.07, 6.45) is 1.22. The van der Waals surface area contributed by atoms with Crippen LogP contribution in [0, 0.1) is 0 Å². The van der Waals surface area contributed by atoms with Crippen LogP contribution >= 0.6 is 0 Å². The molecule has 0 aliphatic carbocycles. The Hall–Kier alpha value is -3.70. The summed E-state index contributed by atoms with van der Waals surface area (Å²) in [5.41, 5.74) is 2.00. The average Bonchev–Trinajstić information content (AvgIpc) is 2.93. The van der Waals surface area contributed by atoms with E-state index >= 15 is 0 Å². The van der Waals surface area contributed by atoms with E-state index in [4.69, 9.17) is 0 Å². The molecule has 0 saturated carbocycles. The molecule has 0 fully saturated rings. The molecule has 5 heteroatoms. The molecule has 0 spiro atoms. The number of hydrogen-bond acceptors (Lipinski definition) is 4. The van der Waals surface area contributed by atoms with Gasteiger partial charge in [-0.25, -0.2) is 0 Å². The highest BCUT2D eigenvalue weighted by atomic mass is 16.3. The van der Waals surface area contributed by atoms with Crippen molar-refractivity contribution in [3.8, 4) is 5.75 Å². The Morgan fingerprint density at radius 1 is 0.789 bits per heavy atom. The molecule has 1 amide bonds. The molecule has 3 N–H and O–H groups in total. The molecule has 38 heavy (non-hydrogen) atoms. The molecule has 4 aromatic rings. The van der Waals surface area contributed by atoms with Crippen molar-refractivity contribution in [2.45, 2.75) is 72.0 Å². The van der Waals surface area contributed by atoms with Gasteiger partial charge in [0.15, 0.2) is 5.78 Å². The monoisotopic (exact) mass is 512 g/mol. The molecule has 0 saturated heterocycles. The van der Waals surface area contributed by atoms with Gasteiger partial charge >= 0.3 is 0 Å². The maximum absolute atomic E-state index is 13.5. The summed E-state index contributed by atoms with van der Waals surface area (Å²) in [5, 5.41) is 20.5. The largest absolute Gasteiger partial charge is 0.508 e. The summed E-state index contributed by atoms with van der Waals surface area (Å²) in [6, 6.07) is 24.4. The predicted octanol–water partition coefficient (Wildman–Crippen LogP) is 6.34. The van der Waals surface area contributed by atoms with Crippen LogP contribution in [0.1, 0.15) is 52.2 Å². The van der Waals surface area contributed by atoms with E-state index in [2.05, 4.69) is 41.0 Å².